The van der Waals surface area contributed by atoms with Gasteiger partial charge in [-0.3, -0.25) is 4.98 Å². The zero-order valence-electron chi connectivity index (χ0n) is 16.5. The summed E-state index contributed by atoms with van der Waals surface area (Å²) < 4.78 is 59.2. The van der Waals surface area contributed by atoms with Crippen LogP contribution in [0, 0.1) is 5.95 Å². The summed E-state index contributed by atoms with van der Waals surface area (Å²) in [5, 5.41) is 0.819. The molecule has 0 atom stereocenters. The number of hydrogen-bond donors (Lipinski definition) is 1. The van der Waals surface area contributed by atoms with Crippen LogP contribution in [0.1, 0.15) is 27.9 Å². The molecule has 31 heavy (non-hydrogen) atoms. The first-order valence-electron chi connectivity index (χ1n) is 9.49. The van der Waals surface area contributed by atoms with Crippen molar-refractivity contribution in [3.63, 3.8) is 0 Å². The summed E-state index contributed by atoms with van der Waals surface area (Å²) >= 11 is 0. The number of hydrogen-bond acceptors (Lipinski definition) is 4. The van der Waals surface area contributed by atoms with Gasteiger partial charge in [0, 0.05) is 41.7 Å². The van der Waals surface area contributed by atoms with Crippen LogP contribution in [-0.2, 0) is 25.4 Å². The number of fused-ring (bicyclic) bond motifs is 1. The average molecular weight is 430 g/mol. The number of alkyl halides is 3. The van der Waals surface area contributed by atoms with Crippen LogP contribution in [0.3, 0.4) is 0 Å². The van der Waals surface area contributed by atoms with E-state index in [0.717, 1.165) is 23.2 Å². The highest BCUT2D eigenvalue weighted by Crippen LogP contribution is 2.32. The second-order valence-electron chi connectivity index (χ2n) is 7.05. The highest BCUT2D eigenvalue weighted by molar-refractivity contribution is 5.81. The summed E-state index contributed by atoms with van der Waals surface area (Å²) in [6.07, 6.45) is 1.69. The Morgan fingerprint density at radius 1 is 1.03 bits per heavy atom. The molecule has 5 nitrogen and oxygen atoms in total. The number of aromatic amines is 1. The maximum Gasteiger partial charge on any atom is 0.416 e. The van der Waals surface area contributed by atoms with Crippen molar-refractivity contribution >= 4 is 11.0 Å². The Labute approximate surface area is 175 Å². The molecule has 0 bridgehead atoms. The van der Waals surface area contributed by atoms with E-state index in [2.05, 4.69) is 19.9 Å². The van der Waals surface area contributed by atoms with Crippen molar-refractivity contribution in [1.82, 2.24) is 19.9 Å². The number of pyridine rings is 3. The Kier molecular flexibility index (Phi) is 5.58. The van der Waals surface area contributed by atoms with Gasteiger partial charge >= 0.3 is 6.18 Å². The summed E-state index contributed by atoms with van der Waals surface area (Å²) in [6.45, 7) is 0. The van der Waals surface area contributed by atoms with Crippen molar-refractivity contribution in [2.24, 2.45) is 0 Å². The second kappa shape index (κ2) is 8.33. The first-order chi connectivity index (χ1) is 14.8. The highest BCUT2D eigenvalue weighted by atomic mass is 19.4. The molecule has 0 aromatic carbocycles. The van der Waals surface area contributed by atoms with Crippen molar-refractivity contribution in [3.8, 4) is 5.75 Å². The van der Waals surface area contributed by atoms with Gasteiger partial charge in [-0.25, -0.2) is 9.97 Å². The first-order valence-corrected chi connectivity index (χ1v) is 9.49. The van der Waals surface area contributed by atoms with Crippen molar-refractivity contribution in [1.29, 1.82) is 0 Å². The molecule has 0 fully saturated rings. The number of halogens is 4. The van der Waals surface area contributed by atoms with Crippen LogP contribution in [0.15, 0.2) is 49.1 Å². The van der Waals surface area contributed by atoms with E-state index in [1.54, 1.807) is 31.6 Å². The maximum atomic E-state index is 14.6. The minimum absolute atomic E-state index is 0.0570. The third kappa shape index (κ3) is 4.50. The monoisotopic (exact) mass is 430 g/mol. The SMILES string of the molecule is COc1cnc2[nH]cc(Cc3ccc(CCc4cnccc4C(F)(F)F)nc3F)c2c1. The third-order valence-corrected chi connectivity index (χ3v) is 5.05. The van der Waals surface area contributed by atoms with E-state index in [4.69, 9.17) is 4.74 Å². The fourth-order valence-corrected chi connectivity index (χ4v) is 3.44. The van der Waals surface area contributed by atoms with Crippen LogP contribution in [-0.4, -0.2) is 27.0 Å². The summed E-state index contributed by atoms with van der Waals surface area (Å²) in [7, 11) is 1.54. The Bertz CT molecular complexity index is 1220. The van der Waals surface area contributed by atoms with E-state index in [1.807, 2.05) is 6.07 Å². The average Bonchev–Trinajstić information content (AvgIpc) is 3.15. The molecule has 4 aromatic heterocycles. The third-order valence-electron chi connectivity index (χ3n) is 5.05. The van der Waals surface area contributed by atoms with Gasteiger partial charge < -0.3 is 9.72 Å². The first kappa shape index (κ1) is 20.8. The molecule has 0 aliphatic carbocycles. The van der Waals surface area contributed by atoms with Gasteiger partial charge in [-0.15, -0.1) is 0 Å². The summed E-state index contributed by atoms with van der Waals surface area (Å²) in [4.78, 5) is 15.0. The van der Waals surface area contributed by atoms with Gasteiger partial charge in [0.2, 0.25) is 5.95 Å². The molecule has 4 aromatic rings. The maximum absolute atomic E-state index is 14.6. The zero-order valence-corrected chi connectivity index (χ0v) is 16.5. The molecular weight excluding hydrogens is 412 g/mol. The number of methoxy groups -OCH3 is 1. The standard InChI is InChI=1S/C22H18F4N4O/c1-31-17-9-18-15(11-28-21(18)29-12-17)8-13-2-4-16(30-20(13)23)5-3-14-10-27-7-6-19(14)22(24,25)26/h2,4,6-7,9-12H,3,5,8H2,1H3,(H,28,29). The van der Waals surface area contributed by atoms with Crippen LogP contribution in [0.2, 0.25) is 0 Å². The van der Waals surface area contributed by atoms with Gasteiger partial charge in [-0.05, 0) is 42.2 Å². The quantitative estimate of drug-likeness (QED) is 0.349. The highest BCUT2D eigenvalue weighted by Gasteiger charge is 2.33. The molecule has 0 aliphatic heterocycles. The summed E-state index contributed by atoms with van der Waals surface area (Å²) in [5.41, 5.74) is 1.58. The van der Waals surface area contributed by atoms with Crippen LogP contribution in [0.5, 0.6) is 5.75 Å². The van der Waals surface area contributed by atoms with E-state index >= 15 is 0 Å². The topological polar surface area (TPSA) is 63.7 Å². The number of aromatic nitrogens is 4. The largest absolute Gasteiger partial charge is 0.495 e. The number of rotatable bonds is 6. The van der Waals surface area contributed by atoms with E-state index in [-0.39, 0.29) is 24.8 Å². The Morgan fingerprint density at radius 3 is 2.61 bits per heavy atom. The molecule has 0 radical (unpaired) electrons. The fraction of sp³-hybridized carbons (Fsp3) is 0.227. The molecule has 0 unspecified atom stereocenters. The Morgan fingerprint density at radius 2 is 1.87 bits per heavy atom. The molecule has 4 heterocycles. The van der Waals surface area contributed by atoms with Crippen LogP contribution < -0.4 is 4.74 Å². The van der Waals surface area contributed by atoms with E-state index in [0.29, 0.717) is 22.7 Å². The molecule has 4 rings (SSSR count). The Hall–Kier alpha value is -3.49. The van der Waals surface area contributed by atoms with Gasteiger partial charge in [-0.1, -0.05) is 6.07 Å². The van der Waals surface area contributed by atoms with Crippen molar-refractivity contribution in [2.45, 2.75) is 25.4 Å². The van der Waals surface area contributed by atoms with Crippen LogP contribution >= 0.6 is 0 Å². The van der Waals surface area contributed by atoms with Crippen LogP contribution in [0.25, 0.3) is 11.0 Å². The van der Waals surface area contributed by atoms with Crippen LogP contribution in [0.4, 0.5) is 17.6 Å². The number of aryl methyl sites for hydroxylation is 2. The molecule has 1 N–H and O–H groups in total. The summed E-state index contributed by atoms with van der Waals surface area (Å²) in [5.74, 6) is -0.0548. The number of ether oxygens (including phenoxy) is 1. The smallest absolute Gasteiger partial charge is 0.416 e. The predicted octanol–water partition coefficient (Wildman–Crippen LogP) is 4.90. The molecular formula is C22H18F4N4O. The Balaban J connectivity index is 1.51. The number of nitrogens with zero attached hydrogens (tertiary/aromatic N) is 3. The van der Waals surface area contributed by atoms with Crippen molar-refractivity contribution in [3.05, 3.63) is 82.9 Å². The number of H-pyrrole nitrogens is 1. The predicted molar refractivity (Wildman–Crippen MR) is 106 cm³/mol. The van der Waals surface area contributed by atoms with E-state index in [1.165, 1.54) is 6.20 Å². The van der Waals surface area contributed by atoms with Gasteiger partial charge in [-0.2, -0.15) is 17.6 Å². The molecule has 9 heteroatoms. The second-order valence-corrected chi connectivity index (χ2v) is 7.05. The molecule has 0 spiro atoms. The van der Waals surface area contributed by atoms with E-state index in [9.17, 15) is 17.6 Å². The zero-order chi connectivity index (χ0) is 22.0. The molecule has 0 aliphatic rings. The van der Waals surface area contributed by atoms with Crippen molar-refractivity contribution < 1.29 is 22.3 Å². The fourth-order valence-electron chi connectivity index (χ4n) is 3.44. The lowest BCUT2D eigenvalue weighted by Gasteiger charge is -2.12. The van der Waals surface area contributed by atoms with Gasteiger partial charge in [0.25, 0.3) is 0 Å². The lowest BCUT2D eigenvalue weighted by Crippen LogP contribution is -2.10. The minimum atomic E-state index is -4.46. The lowest BCUT2D eigenvalue weighted by atomic mass is 10.0. The molecule has 0 amide bonds. The van der Waals surface area contributed by atoms with Gasteiger partial charge in [0.05, 0.1) is 18.9 Å². The van der Waals surface area contributed by atoms with Gasteiger partial charge in [0.15, 0.2) is 0 Å². The molecule has 160 valence electrons. The minimum Gasteiger partial charge on any atom is -0.495 e. The number of nitrogens with one attached hydrogen (secondary N) is 1. The lowest BCUT2D eigenvalue weighted by molar-refractivity contribution is -0.138. The normalized spacial score (nSPS) is 11.8. The van der Waals surface area contributed by atoms with Crippen molar-refractivity contribution in [2.75, 3.05) is 7.11 Å². The van der Waals surface area contributed by atoms with E-state index < -0.39 is 17.7 Å². The summed E-state index contributed by atoms with van der Waals surface area (Å²) in [6, 6.07) is 6.01. The molecule has 0 saturated heterocycles. The van der Waals surface area contributed by atoms with Gasteiger partial charge in [0.1, 0.15) is 11.4 Å². The molecule has 0 saturated carbocycles.